The van der Waals surface area contributed by atoms with E-state index in [-0.39, 0.29) is 11.1 Å². The zero-order chi connectivity index (χ0) is 21.4. The molecule has 2 aromatic heterocycles. The average molecular weight is 437 g/mol. The molecule has 152 valence electrons. The van der Waals surface area contributed by atoms with Crippen LogP contribution in [-0.4, -0.2) is 26.2 Å². The Morgan fingerprint density at radius 1 is 0.667 bits per heavy atom. The van der Waals surface area contributed by atoms with Crippen LogP contribution in [0.25, 0.3) is 31.3 Å². The van der Waals surface area contributed by atoms with Gasteiger partial charge in [0.15, 0.2) is 0 Å². The van der Waals surface area contributed by atoms with Crippen LogP contribution in [0.4, 0.5) is 0 Å². The van der Waals surface area contributed by atoms with E-state index < -0.39 is 11.9 Å². The van der Waals surface area contributed by atoms with Crippen LogP contribution in [0.15, 0.2) is 48.5 Å². The number of thiophene rings is 2. The Kier molecular flexibility index (Phi) is 5.45. The molecule has 0 saturated carbocycles. The van der Waals surface area contributed by atoms with Crippen LogP contribution in [0.3, 0.4) is 0 Å². The summed E-state index contributed by atoms with van der Waals surface area (Å²) < 4.78 is 12.4. The number of fused-ring (bicyclic) bond motifs is 2. The van der Waals surface area contributed by atoms with E-state index in [9.17, 15) is 9.59 Å². The van der Waals surface area contributed by atoms with Crippen LogP contribution >= 0.6 is 22.7 Å². The van der Waals surface area contributed by atoms with Crippen molar-refractivity contribution in [2.45, 2.75) is 13.8 Å². The molecule has 0 atom stereocenters. The van der Waals surface area contributed by atoms with Gasteiger partial charge in [0, 0.05) is 41.1 Å². The Morgan fingerprint density at radius 3 is 1.40 bits per heavy atom. The SMILES string of the molecule is COC(=O)/C(=C(\C(=O)OC)c1c(C)sc2ccccc12)c1c(C)sc2ccccc12. The van der Waals surface area contributed by atoms with Crippen LogP contribution in [0, 0.1) is 13.8 Å². The molecule has 2 aromatic carbocycles. The van der Waals surface area contributed by atoms with Gasteiger partial charge in [-0.05, 0) is 26.0 Å². The minimum absolute atomic E-state index is 0.242. The molecule has 0 unspecified atom stereocenters. The third kappa shape index (κ3) is 3.22. The van der Waals surface area contributed by atoms with E-state index >= 15 is 0 Å². The molecule has 6 heteroatoms. The number of ether oxygens (including phenoxy) is 2. The van der Waals surface area contributed by atoms with E-state index in [0.717, 1.165) is 41.1 Å². The molecule has 4 aromatic rings. The minimum atomic E-state index is -0.559. The molecule has 0 saturated heterocycles. The molecule has 2 heterocycles. The summed E-state index contributed by atoms with van der Waals surface area (Å²) >= 11 is 3.17. The molecule has 4 nitrogen and oxygen atoms in total. The van der Waals surface area contributed by atoms with Crippen molar-refractivity contribution in [3.05, 3.63) is 69.4 Å². The lowest BCUT2D eigenvalue weighted by atomic mass is 9.91. The predicted molar refractivity (Wildman–Crippen MR) is 124 cm³/mol. The molecular weight excluding hydrogens is 416 g/mol. The second kappa shape index (κ2) is 8.05. The number of hydrogen-bond acceptors (Lipinski definition) is 6. The molecule has 4 rings (SSSR count). The molecule has 0 bridgehead atoms. The fourth-order valence-corrected chi connectivity index (χ4v) is 5.96. The van der Waals surface area contributed by atoms with Crippen molar-refractivity contribution in [2.75, 3.05) is 14.2 Å². The second-order valence-corrected chi connectivity index (χ2v) is 9.30. The number of rotatable bonds is 4. The second-order valence-electron chi connectivity index (χ2n) is 6.79. The molecule has 0 amide bonds. The highest BCUT2D eigenvalue weighted by atomic mass is 32.1. The summed E-state index contributed by atoms with van der Waals surface area (Å²) in [5.41, 5.74) is 1.92. The van der Waals surface area contributed by atoms with E-state index in [0.29, 0.717) is 0 Å². The predicted octanol–water partition coefficient (Wildman–Crippen LogP) is 5.99. The zero-order valence-corrected chi connectivity index (χ0v) is 18.7. The Hall–Kier alpha value is -2.96. The summed E-state index contributed by atoms with van der Waals surface area (Å²) in [7, 11) is 2.67. The maximum Gasteiger partial charge on any atom is 0.339 e. The molecule has 0 aliphatic rings. The highest BCUT2D eigenvalue weighted by Gasteiger charge is 2.31. The summed E-state index contributed by atoms with van der Waals surface area (Å²) in [6.45, 7) is 3.91. The summed E-state index contributed by atoms with van der Waals surface area (Å²) in [4.78, 5) is 28.1. The van der Waals surface area contributed by atoms with Gasteiger partial charge in [-0.3, -0.25) is 0 Å². The van der Waals surface area contributed by atoms with Gasteiger partial charge in [0.2, 0.25) is 0 Å². The monoisotopic (exact) mass is 436 g/mol. The number of benzene rings is 2. The molecule has 0 radical (unpaired) electrons. The van der Waals surface area contributed by atoms with Crippen LogP contribution in [0.2, 0.25) is 0 Å². The van der Waals surface area contributed by atoms with Gasteiger partial charge < -0.3 is 9.47 Å². The number of carbonyl (C=O) groups excluding carboxylic acids is 2. The van der Waals surface area contributed by atoms with Crippen molar-refractivity contribution in [2.24, 2.45) is 0 Å². The molecular formula is C24H20O4S2. The normalized spacial score (nSPS) is 12.1. The first-order valence-electron chi connectivity index (χ1n) is 9.35. The van der Waals surface area contributed by atoms with E-state index in [1.807, 2.05) is 62.4 Å². The highest BCUT2D eigenvalue weighted by Crippen LogP contribution is 2.43. The first kappa shape index (κ1) is 20.3. The average Bonchev–Trinajstić information content (AvgIpc) is 3.26. The Labute approximate surface area is 182 Å². The Balaban J connectivity index is 2.19. The largest absolute Gasteiger partial charge is 0.465 e. The van der Waals surface area contributed by atoms with E-state index in [1.165, 1.54) is 14.2 Å². The van der Waals surface area contributed by atoms with Crippen LogP contribution in [0.5, 0.6) is 0 Å². The van der Waals surface area contributed by atoms with Crippen molar-refractivity contribution in [1.29, 1.82) is 0 Å². The van der Waals surface area contributed by atoms with E-state index in [1.54, 1.807) is 22.7 Å². The number of aryl methyl sites for hydroxylation is 2. The number of carbonyl (C=O) groups is 2. The third-order valence-corrected chi connectivity index (χ3v) is 7.24. The van der Waals surface area contributed by atoms with Gasteiger partial charge in [0.1, 0.15) is 0 Å². The van der Waals surface area contributed by atoms with Gasteiger partial charge >= 0.3 is 11.9 Å². The van der Waals surface area contributed by atoms with Crippen LogP contribution < -0.4 is 0 Å². The summed E-state index contributed by atoms with van der Waals surface area (Å²) in [6, 6.07) is 15.7. The first-order valence-corrected chi connectivity index (χ1v) is 11.0. The maximum absolute atomic E-state index is 13.1. The lowest BCUT2D eigenvalue weighted by molar-refractivity contribution is -0.135. The van der Waals surface area contributed by atoms with Crippen LogP contribution in [-0.2, 0) is 19.1 Å². The molecule has 30 heavy (non-hydrogen) atoms. The Morgan fingerprint density at radius 2 is 1.03 bits per heavy atom. The molecule has 0 N–H and O–H groups in total. The summed E-state index contributed by atoms with van der Waals surface area (Å²) in [6.07, 6.45) is 0. The molecule has 0 aliphatic carbocycles. The number of esters is 2. The molecule has 0 spiro atoms. The maximum atomic E-state index is 13.1. The zero-order valence-electron chi connectivity index (χ0n) is 17.1. The van der Waals surface area contributed by atoms with Gasteiger partial charge in [0.05, 0.1) is 25.4 Å². The van der Waals surface area contributed by atoms with Crippen molar-refractivity contribution >= 4 is 65.9 Å². The molecule has 0 fully saturated rings. The van der Waals surface area contributed by atoms with Crippen molar-refractivity contribution in [1.82, 2.24) is 0 Å². The van der Waals surface area contributed by atoms with Crippen molar-refractivity contribution < 1.29 is 19.1 Å². The highest BCUT2D eigenvalue weighted by molar-refractivity contribution is 7.19. The quantitative estimate of drug-likeness (QED) is 0.291. The number of hydrogen-bond donors (Lipinski definition) is 0. The standard InChI is InChI=1S/C24H20O4S2/c1-13-19(15-9-5-7-11-17(15)29-13)21(23(25)27-3)22(24(26)28-4)20-14(2)30-18-12-8-6-10-16(18)20/h5-12H,1-4H3/b22-21-. The van der Waals surface area contributed by atoms with Gasteiger partial charge in [-0.25, -0.2) is 9.59 Å². The van der Waals surface area contributed by atoms with Gasteiger partial charge in [0.25, 0.3) is 0 Å². The smallest absolute Gasteiger partial charge is 0.339 e. The van der Waals surface area contributed by atoms with Crippen molar-refractivity contribution in [3.63, 3.8) is 0 Å². The lowest BCUT2D eigenvalue weighted by Gasteiger charge is -2.14. The van der Waals surface area contributed by atoms with Gasteiger partial charge in [-0.15, -0.1) is 22.7 Å². The van der Waals surface area contributed by atoms with E-state index in [2.05, 4.69) is 0 Å². The lowest BCUT2D eigenvalue weighted by Crippen LogP contribution is -2.14. The number of methoxy groups -OCH3 is 2. The summed E-state index contributed by atoms with van der Waals surface area (Å²) in [5, 5.41) is 1.83. The fraction of sp³-hybridized carbons (Fsp3) is 0.167. The van der Waals surface area contributed by atoms with Crippen molar-refractivity contribution in [3.8, 4) is 0 Å². The fourth-order valence-electron chi connectivity index (χ4n) is 3.82. The van der Waals surface area contributed by atoms with Crippen LogP contribution in [0.1, 0.15) is 20.9 Å². The topological polar surface area (TPSA) is 52.6 Å². The van der Waals surface area contributed by atoms with Gasteiger partial charge in [-0.1, -0.05) is 36.4 Å². The minimum Gasteiger partial charge on any atom is -0.465 e. The third-order valence-electron chi connectivity index (χ3n) is 5.07. The molecule has 0 aliphatic heterocycles. The van der Waals surface area contributed by atoms with E-state index in [4.69, 9.17) is 9.47 Å². The Bertz CT molecular complexity index is 1220. The summed E-state index contributed by atoms with van der Waals surface area (Å²) in [5.74, 6) is -1.12. The first-order chi connectivity index (χ1) is 14.5. The van der Waals surface area contributed by atoms with Gasteiger partial charge in [-0.2, -0.15) is 0 Å².